The van der Waals surface area contributed by atoms with E-state index < -0.39 is 9.84 Å². The number of amides is 3. The third kappa shape index (κ3) is 15.8. The third-order valence-corrected chi connectivity index (χ3v) is 11.5. The molecule has 14 heteroatoms. The first-order chi connectivity index (χ1) is 22.5. The Balaban J connectivity index is 0.000000334. The van der Waals surface area contributed by atoms with Gasteiger partial charge >= 0.3 is 0 Å². The highest BCUT2D eigenvalue weighted by atomic mass is 32.2. The molecule has 0 bridgehead atoms. The molecule has 294 valence electrons. The molecule has 2 N–H and O–H groups in total. The van der Waals surface area contributed by atoms with E-state index >= 15 is 0 Å². The van der Waals surface area contributed by atoms with Crippen LogP contribution in [0.1, 0.15) is 83.1 Å². The Kier molecular flexibility index (Phi) is 16.9. The molecule has 50 heavy (non-hydrogen) atoms. The number of carbonyl (C=O) groups excluding carboxylic acids is 3. The molecule has 13 nitrogen and oxygen atoms in total. The van der Waals surface area contributed by atoms with E-state index in [0.717, 1.165) is 45.8 Å². The molecule has 4 heterocycles. The number of hydrogen-bond acceptors (Lipinski definition) is 10. The predicted octanol–water partition coefficient (Wildman–Crippen LogP) is 1.52. The number of rotatable bonds is 1. The second-order valence-corrected chi connectivity index (χ2v) is 20.5. The number of hydrogen-bond donors (Lipinski definition) is 1. The van der Waals surface area contributed by atoms with E-state index in [2.05, 4.69) is 103 Å². The highest BCUT2D eigenvalue weighted by Gasteiger charge is 2.34. The van der Waals surface area contributed by atoms with Crippen LogP contribution in [0.3, 0.4) is 0 Å². The summed E-state index contributed by atoms with van der Waals surface area (Å²) in [4.78, 5) is 48.6. The van der Waals surface area contributed by atoms with Crippen LogP contribution in [0.4, 0.5) is 0 Å². The van der Waals surface area contributed by atoms with Crippen molar-refractivity contribution >= 4 is 27.6 Å². The van der Waals surface area contributed by atoms with Gasteiger partial charge in [0.25, 0.3) is 0 Å². The Labute approximate surface area is 305 Å². The molecule has 1 unspecified atom stereocenters. The third-order valence-electron chi connectivity index (χ3n) is 9.85. The molecule has 3 amide bonds. The van der Waals surface area contributed by atoms with Crippen LogP contribution < -0.4 is 5.73 Å². The molecular formula is C36H74N8O5S. The van der Waals surface area contributed by atoms with Crippen molar-refractivity contribution < 1.29 is 22.8 Å². The summed E-state index contributed by atoms with van der Waals surface area (Å²) >= 11 is 0. The predicted molar refractivity (Wildman–Crippen MR) is 205 cm³/mol. The van der Waals surface area contributed by atoms with Gasteiger partial charge in [-0.05, 0) is 97.2 Å². The fourth-order valence-corrected chi connectivity index (χ4v) is 7.21. The zero-order chi connectivity index (χ0) is 39.0. The Morgan fingerprint density at radius 2 is 1.08 bits per heavy atom. The molecule has 0 aromatic carbocycles. The number of piperazine rings is 3. The first kappa shape index (κ1) is 46.2. The van der Waals surface area contributed by atoms with Gasteiger partial charge in [0, 0.05) is 88.1 Å². The lowest BCUT2D eigenvalue weighted by molar-refractivity contribution is -0.140. The summed E-state index contributed by atoms with van der Waals surface area (Å²) in [6.45, 7) is 34.4. The smallest absolute Gasteiger partial charge is 0.237 e. The van der Waals surface area contributed by atoms with Gasteiger partial charge in [0.05, 0.1) is 24.6 Å². The normalized spacial score (nSPS) is 23.9. The minimum Gasteiger partial charge on any atom is -0.368 e. The average molecular weight is 731 g/mol. The molecule has 0 aliphatic carbocycles. The van der Waals surface area contributed by atoms with E-state index in [-0.39, 0.29) is 45.9 Å². The van der Waals surface area contributed by atoms with Crippen LogP contribution in [-0.2, 0) is 24.2 Å². The summed E-state index contributed by atoms with van der Waals surface area (Å²) in [7, 11) is 3.08. The maximum atomic E-state index is 11.5. The van der Waals surface area contributed by atoms with Crippen LogP contribution >= 0.6 is 0 Å². The monoisotopic (exact) mass is 731 g/mol. The highest BCUT2D eigenvalue weighted by Crippen LogP contribution is 2.19. The van der Waals surface area contributed by atoms with Crippen LogP contribution in [0.2, 0.25) is 0 Å². The fraction of sp³-hybridized carbons (Fsp3) is 0.917. The summed E-state index contributed by atoms with van der Waals surface area (Å²) in [5.41, 5.74) is 5.69. The maximum absolute atomic E-state index is 11.5. The lowest BCUT2D eigenvalue weighted by Gasteiger charge is -2.44. The minimum absolute atomic E-state index is 0.0155. The molecule has 4 saturated heterocycles. The Morgan fingerprint density at radius 3 is 1.48 bits per heavy atom. The topological polar surface area (TPSA) is 134 Å². The van der Waals surface area contributed by atoms with Crippen LogP contribution in [0.15, 0.2) is 0 Å². The number of nitrogens with two attached hydrogens (primary N) is 1. The molecule has 4 aliphatic rings. The molecule has 0 aromatic rings. The number of sulfone groups is 1. The van der Waals surface area contributed by atoms with Gasteiger partial charge in [-0.2, -0.15) is 0 Å². The molecule has 4 fully saturated rings. The number of nitrogens with zero attached hydrogens (tertiary/aromatic N) is 7. The van der Waals surface area contributed by atoms with E-state index in [1.54, 1.807) is 4.90 Å². The summed E-state index contributed by atoms with van der Waals surface area (Å²) in [6, 6.07) is -0.136. The van der Waals surface area contributed by atoms with Gasteiger partial charge < -0.3 is 15.5 Å². The van der Waals surface area contributed by atoms with E-state index in [0.29, 0.717) is 37.7 Å². The van der Waals surface area contributed by atoms with Gasteiger partial charge in [-0.25, -0.2) is 8.42 Å². The molecule has 4 aliphatic heterocycles. The highest BCUT2D eigenvalue weighted by molar-refractivity contribution is 7.91. The average Bonchev–Trinajstić information content (AvgIpc) is 2.93. The van der Waals surface area contributed by atoms with E-state index in [1.165, 1.54) is 0 Å². The van der Waals surface area contributed by atoms with Crippen LogP contribution in [0.5, 0.6) is 0 Å². The van der Waals surface area contributed by atoms with Gasteiger partial charge in [0.15, 0.2) is 9.84 Å². The number of carbonyl (C=O) groups is 3. The van der Waals surface area contributed by atoms with Gasteiger partial charge in [-0.15, -0.1) is 0 Å². The van der Waals surface area contributed by atoms with Gasteiger partial charge in [0.1, 0.15) is 6.04 Å². The van der Waals surface area contributed by atoms with Crippen molar-refractivity contribution in [2.75, 3.05) is 105 Å². The molecule has 0 aromatic heterocycles. The lowest BCUT2D eigenvalue weighted by Crippen LogP contribution is -2.60. The Bertz CT molecular complexity index is 1200. The summed E-state index contributed by atoms with van der Waals surface area (Å²) < 4.78 is 22.2. The Hall–Kier alpha value is -1.84. The lowest BCUT2D eigenvalue weighted by atomic mass is 10.0. The van der Waals surface area contributed by atoms with Crippen molar-refractivity contribution in [1.29, 1.82) is 0 Å². The van der Waals surface area contributed by atoms with Crippen molar-refractivity contribution in [3.8, 4) is 0 Å². The van der Waals surface area contributed by atoms with Crippen LogP contribution in [-0.4, -0.2) is 193 Å². The van der Waals surface area contributed by atoms with Crippen molar-refractivity contribution in [2.24, 2.45) is 5.73 Å². The van der Waals surface area contributed by atoms with Gasteiger partial charge in [0.2, 0.25) is 17.7 Å². The first-order valence-electron chi connectivity index (χ1n) is 18.1. The zero-order valence-corrected chi connectivity index (χ0v) is 35.2. The zero-order valence-electron chi connectivity index (χ0n) is 34.4. The van der Waals surface area contributed by atoms with E-state index in [9.17, 15) is 22.8 Å². The molecule has 0 radical (unpaired) electrons. The van der Waals surface area contributed by atoms with E-state index in [1.807, 2.05) is 30.9 Å². The molecule has 0 spiro atoms. The maximum Gasteiger partial charge on any atom is 0.237 e. The second kappa shape index (κ2) is 18.3. The minimum atomic E-state index is -2.72. The standard InChI is InChI=1S/C10H21N3O.2C9H18N2O.C8H17NO2S/c1-10(2,3)13-6-5-12(4)8(7-13)9(11)14;1-9(2,3)11-6-5-10(4)8(12)7-11;1-9(2,3)11-6-5-10(4)7-8(11)12;1-8(2,3)9-4-6-12(10,11)7-5-9/h8H,5-7H2,1-4H3,(H2,11,14);2*5-7H2,1-4H3;4-7H2,1-3H3. The number of primary amides is 1. The van der Waals surface area contributed by atoms with Crippen molar-refractivity contribution in [1.82, 2.24) is 34.3 Å². The van der Waals surface area contributed by atoms with Crippen LogP contribution in [0, 0.1) is 0 Å². The van der Waals surface area contributed by atoms with Crippen LogP contribution in [0.25, 0.3) is 0 Å². The summed E-state index contributed by atoms with van der Waals surface area (Å²) in [5.74, 6) is 0.906. The van der Waals surface area contributed by atoms with E-state index in [4.69, 9.17) is 5.73 Å². The largest absolute Gasteiger partial charge is 0.368 e. The van der Waals surface area contributed by atoms with Gasteiger partial charge in [-0.3, -0.25) is 38.9 Å². The first-order valence-corrected chi connectivity index (χ1v) is 20.0. The summed E-state index contributed by atoms with van der Waals surface area (Å²) in [6.07, 6.45) is 0. The van der Waals surface area contributed by atoms with Crippen molar-refractivity contribution in [3.05, 3.63) is 0 Å². The summed E-state index contributed by atoms with van der Waals surface area (Å²) in [5, 5.41) is 0. The molecule has 4 rings (SSSR count). The molecular weight excluding hydrogens is 657 g/mol. The number of likely N-dealkylation sites (N-methyl/N-ethyl adjacent to an activating group) is 3. The van der Waals surface area contributed by atoms with Gasteiger partial charge in [-0.1, -0.05) is 0 Å². The second-order valence-electron chi connectivity index (χ2n) is 18.2. The molecule has 1 atom stereocenters. The quantitative estimate of drug-likeness (QED) is 0.424. The Morgan fingerprint density at radius 1 is 0.600 bits per heavy atom. The van der Waals surface area contributed by atoms with Crippen molar-refractivity contribution in [3.63, 3.8) is 0 Å². The SMILES string of the molecule is CC(C)(C)N1CCS(=O)(=O)CC1.CN1CCN(C(C)(C)C)C(=O)C1.CN1CCN(C(C)(C)C)CC1=O.CN1CCN(C(C)(C)C)CC1C(N)=O. The molecule has 0 saturated carbocycles. The van der Waals surface area contributed by atoms with Crippen molar-refractivity contribution in [2.45, 2.75) is 111 Å². The fourth-order valence-electron chi connectivity index (χ4n) is 6.00.